The Morgan fingerprint density at radius 1 is 1.33 bits per heavy atom. The highest BCUT2D eigenvalue weighted by Crippen LogP contribution is 2.23. The summed E-state index contributed by atoms with van der Waals surface area (Å²) in [6.07, 6.45) is 0.777. The van der Waals surface area contributed by atoms with E-state index in [1.54, 1.807) is 0 Å². The second kappa shape index (κ2) is 8.30. The third-order valence-corrected chi connectivity index (χ3v) is 4.27. The minimum atomic E-state index is -0.268. The lowest BCUT2D eigenvalue weighted by molar-refractivity contribution is -0.113. The number of nitrogens with two attached hydrogens (primary N) is 1. The van der Waals surface area contributed by atoms with Gasteiger partial charge < -0.3 is 15.5 Å². The largest absolute Gasteiger partial charge is 0.414 e. The number of anilines is 1. The molecule has 3 N–H and O–H groups in total. The molecule has 1 heterocycles. The van der Waals surface area contributed by atoms with Crippen LogP contribution in [0.5, 0.6) is 0 Å². The van der Waals surface area contributed by atoms with E-state index in [1.807, 2.05) is 32.0 Å². The summed E-state index contributed by atoms with van der Waals surface area (Å²) in [4.78, 5) is 12.1. The number of carbonyl (C=O) groups is 1. The van der Waals surface area contributed by atoms with Gasteiger partial charge in [-0.3, -0.25) is 4.79 Å². The zero-order valence-electron chi connectivity index (χ0n) is 14.5. The molecule has 0 aliphatic rings. The number of hydrogen-bond donors (Lipinski definition) is 2. The van der Waals surface area contributed by atoms with E-state index in [0.717, 1.165) is 23.2 Å². The average Bonchev–Trinajstić information content (AvgIpc) is 2.96. The molecule has 0 aliphatic heterocycles. The van der Waals surface area contributed by atoms with Crippen molar-refractivity contribution in [2.75, 3.05) is 11.1 Å². The molecular formula is C17H24N4O2S. The number of thioether (sulfide) groups is 1. The van der Waals surface area contributed by atoms with Crippen LogP contribution >= 0.6 is 11.8 Å². The highest BCUT2D eigenvalue weighted by molar-refractivity contribution is 7.99. The molecule has 0 unspecified atom stereocenters. The molecule has 0 aliphatic carbocycles. The minimum absolute atomic E-state index is 0.113. The second-order valence-corrected chi connectivity index (χ2v) is 7.22. The summed E-state index contributed by atoms with van der Waals surface area (Å²) in [5.41, 5.74) is 9.03. The van der Waals surface area contributed by atoms with Gasteiger partial charge in [-0.1, -0.05) is 43.3 Å². The van der Waals surface area contributed by atoms with Crippen molar-refractivity contribution in [1.82, 2.24) is 10.2 Å². The van der Waals surface area contributed by atoms with Crippen molar-refractivity contribution in [3.05, 3.63) is 35.2 Å². The van der Waals surface area contributed by atoms with E-state index in [9.17, 15) is 4.79 Å². The van der Waals surface area contributed by atoms with Crippen LogP contribution in [-0.2, 0) is 4.79 Å². The molecule has 130 valence electrons. The normalized spacial score (nSPS) is 12.4. The van der Waals surface area contributed by atoms with Crippen molar-refractivity contribution in [3.63, 3.8) is 0 Å². The van der Waals surface area contributed by atoms with Crippen molar-refractivity contribution in [1.29, 1.82) is 0 Å². The van der Waals surface area contributed by atoms with Crippen LogP contribution in [0, 0.1) is 19.8 Å². The maximum absolute atomic E-state index is 12.1. The maximum Gasteiger partial charge on any atom is 0.277 e. The second-order valence-electron chi connectivity index (χ2n) is 6.30. The molecule has 0 spiro atoms. The van der Waals surface area contributed by atoms with Gasteiger partial charge in [-0.15, -0.1) is 10.2 Å². The summed E-state index contributed by atoms with van der Waals surface area (Å²) >= 11 is 1.21. The van der Waals surface area contributed by atoms with E-state index >= 15 is 0 Å². The van der Waals surface area contributed by atoms with E-state index in [0.29, 0.717) is 17.0 Å². The summed E-state index contributed by atoms with van der Waals surface area (Å²) in [5, 5.41) is 11.1. The lowest BCUT2D eigenvalue weighted by Gasteiger charge is -2.09. The van der Waals surface area contributed by atoms with Crippen molar-refractivity contribution in [2.24, 2.45) is 11.7 Å². The number of rotatable bonds is 7. The van der Waals surface area contributed by atoms with Gasteiger partial charge >= 0.3 is 0 Å². The van der Waals surface area contributed by atoms with Crippen molar-refractivity contribution >= 4 is 23.4 Å². The first-order chi connectivity index (χ1) is 11.3. The first kappa shape index (κ1) is 18.5. The van der Waals surface area contributed by atoms with Crippen LogP contribution in [0.25, 0.3) is 0 Å². The fourth-order valence-corrected chi connectivity index (χ4v) is 2.87. The highest BCUT2D eigenvalue weighted by atomic mass is 32.2. The van der Waals surface area contributed by atoms with Crippen LogP contribution in [0.15, 0.2) is 27.8 Å². The van der Waals surface area contributed by atoms with Crippen LogP contribution in [0.2, 0.25) is 0 Å². The highest BCUT2D eigenvalue weighted by Gasteiger charge is 2.17. The average molecular weight is 348 g/mol. The van der Waals surface area contributed by atoms with Crippen molar-refractivity contribution in [3.8, 4) is 0 Å². The Balaban J connectivity index is 1.87. The molecule has 0 bridgehead atoms. The molecule has 0 saturated heterocycles. The molecule has 1 aromatic carbocycles. The molecule has 2 aromatic rings. The zero-order chi connectivity index (χ0) is 17.7. The fourth-order valence-electron chi connectivity index (χ4n) is 2.30. The molecule has 0 radical (unpaired) electrons. The number of amides is 1. The van der Waals surface area contributed by atoms with E-state index < -0.39 is 0 Å². The smallest absolute Gasteiger partial charge is 0.277 e. The van der Waals surface area contributed by atoms with Crippen LogP contribution in [0.3, 0.4) is 0 Å². The Morgan fingerprint density at radius 2 is 2.08 bits per heavy atom. The summed E-state index contributed by atoms with van der Waals surface area (Å²) < 4.78 is 5.52. The van der Waals surface area contributed by atoms with Crippen LogP contribution in [-0.4, -0.2) is 21.9 Å². The molecule has 1 aromatic heterocycles. The number of aromatic nitrogens is 2. The SMILES string of the molecule is Cc1ccc(NC(=O)CSc2nnc([C@@H](N)CC(C)C)o2)c(C)c1. The molecule has 24 heavy (non-hydrogen) atoms. The summed E-state index contributed by atoms with van der Waals surface area (Å²) in [7, 11) is 0. The van der Waals surface area contributed by atoms with Crippen LogP contribution < -0.4 is 11.1 Å². The Labute approximate surface area is 146 Å². The number of carbonyl (C=O) groups excluding carboxylic acids is 1. The molecule has 2 rings (SSSR count). The van der Waals surface area contributed by atoms with E-state index in [-0.39, 0.29) is 17.7 Å². The van der Waals surface area contributed by atoms with Gasteiger partial charge in [-0.2, -0.15) is 0 Å². The number of aryl methyl sites for hydroxylation is 2. The molecule has 1 amide bonds. The zero-order valence-corrected chi connectivity index (χ0v) is 15.3. The molecule has 6 nitrogen and oxygen atoms in total. The Hall–Kier alpha value is -1.86. The third kappa shape index (κ3) is 5.35. The van der Waals surface area contributed by atoms with Gasteiger partial charge in [0, 0.05) is 5.69 Å². The first-order valence-electron chi connectivity index (χ1n) is 7.94. The molecule has 7 heteroatoms. The van der Waals surface area contributed by atoms with E-state index in [4.69, 9.17) is 10.2 Å². The summed E-state index contributed by atoms with van der Waals surface area (Å²) in [6, 6.07) is 5.64. The molecule has 0 saturated carbocycles. The van der Waals surface area contributed by atoms with Gasteiger partial charge in [0.1, 0.15) is 0 Å². The Kier molecular flexibility index (Phi) is 6.39. The summed E-state index contributed by atoms with van der Waals surface area (Å²) in [5.74, 6) is 0.958. The van der Waals surface area contributed by atoms with Crippen LogP contribution in [0.4, 0.5) is 5.69 Å². The van der Waals surface area contributed by atoms with Gasteiger partial charge in [0.15, 0.2) is 0 Å². The lowest BCUT2D eigenvalue weighted by atomic mass is 10.1. The standard InChI is InChI=1S/C17H24N4O2S/c1-10(2)7-13(18)16-20-21-17(23-16)24-9-15(22)19-14-6-5-11(3)8-12(14)4/h5-6,8,10,13H,7,9,18H2,1-4H3,(H,19,22)/t13-/m0/s1. The predicted octanol–water partition coefficient (Wildman–Crippen LogP) is 3.46. The number of hydrogen-bond acceptors (Lipinski definition) is 6. The molecule has 1 atom stereocenters. The van der Waals surface area contributed by atoms with E-state index in [2.05, 4.69) is 29.4 Å². The van der Waals surface area contributed by atoms with Gasteiger partial charge in [0.25, 0.3) is 5.22 Å². The maximum atomic E-state index is 12.1. The van der Waals surface area contributed by atoms with E-state index in [1.165, 1.54) is 11.8 Å². The lowest BCUT2D eigenvalue weighted by Crippen LogP contribution is -2.14. The Bertz CT molecular complexity index is 700. The predicted molar refractivity (Wildman–Crippen MR) is 96.0 cm³/mol. The molecular weight excluding hydrogens is 324 g/mol. The van der Waals surface area contributed by atoms with Crippen molar-refractivity contribution in [2.45, 2.75) is 45.4 Å². The molecule has 0 fully saturated rings. The fraction of sp³-hybridized carbons (Fsp3) is 0.471. The number of nitrogens with zero attached hydrogens (tertiary/aromatic N) is 2. The van der Waals surface area contributed by atoms with Gasteiger partial charge in [0.05, 0.1) is 11.8 Å². The van der Waals surface area contributed by atoms with Crippen molar-refractivity contribution < 1.29 is 9.21 Å². The van der Waals surface area contributed by atoms with Gasteiger partial charge in [-0.05, 0) is 37.8 Å². The number of nitrogens with one attached hydrogen (secondary N) is 1. The van der Waals surface area contributed by atoms with Gasteiger partial charge in [0.2, 0.25) is 11.8 Å². The summed E-state index contributed by atoms with van der Waals surface area (Å²) in [6.45, 7) is 8.16. The quantitative estimate of drug-likeness (QED) is 0.744. The Morgan fingerprint density at radius 3 is 2.75 bits per heavy atom. The topological polar surface area (TPSA) is 94.0 Å². The monoisotopic (exact) mass is 348 g/mol. The minimum Gasteiger partial charge on any atom is -0.414 e. The first-order valence-corrected chi connectivity index (χ1v) is 8.92. The van der Waals surface area contributed by atoms with Gasteiger partial charge in [-0.25, -0.2) is 0 Å². The third-order valence-electron chi connectivity index (χ3n) is 3.45. The number of benzene rings is 1. The van der Waals surface area contributed by atoms with Crippen LogP contribution in [0.1, 0.15) is 43.3 Å².